The molecule has 84 valence electrons. The van der Waals surface area contributed by atoms with Crippen molar-refractivity contribution in [2.24, 2.45) is 5.73 Å². The summed E-state index contributed by atoms with van der Waals surface area (Å²) in [4.78, 5) is 10.5. The number of hydrogen-bond donors (Lipinski definition) is 2. The van der Waals surface area contributed by atoms with E-state index in [1.165, 1.54) is 25.3 Å². The van der Waals surface area contributed by atoms with Gasteiger partial charge < -0.3 is 15.8 Å². The van der Waals surface area contributed by atoms with Gasteiger partial charge in [0.25, 0.3) is 0 Å². The number of nitrogens with two attached hydrogens (primary N) is 1. The third-order valence-corrected chi connectivity index (χ3v) is 1.96. The summed E-state index contributed by atoms with van der Waals surface area (Å²) < 4.78 is 5.15. The van der Waals surface area contributed by atoms with E-state index in [0.29, 0.717) is 13.2 Å². The predicted molar refractivity (Wildman–Crippen MR) is 59.1 cm³/mol. The lowest BCUT2D eigenvalue weighted by atomic mass is 10.3. The Labute approximate surface area is 90.2 Å². The Morgan fingerprint density at radius 2 is 2.40 bits per heavy atom. The van der Waals surface area contributed by atoms with Crippen LogP contribution in [0.5, 0.6) is 0 Å². The van der Waals surface area contributed by atoms with Crippen LogP contribution in [0.2, 0.25) is 0 Å². The van der Waals surface area contributed by atoms with Gasteiger partial charge in [-0.25, -0.2) is 0 Å². The van der Waals surface area contributed by atoms with Crippen LogP contribution in [0.4, 0.5) is 0 Å². The lowest BCUT2D eigenvalue weighted by Crippen LogP contribution is -2.23. The van der Waals surface area contributed by atoms with Crippen LogP contribution >= 0.6 is 0 Å². The summed E-state index contributed by atoms with van der Waals surface area (Å²) in [5.41, 5.74) is 7.19. The zero-order valence-corrected chi connectivity index (χ0v) is 9.03. The van der Waals surface area contributed by atoms with Gasteiger partial charge in [0.05, 0.1) is 12.8 Å². The second-order valence-electron chi connectivity index (χ2n) is 3.58. The molecule has 0 aromatic carbocycles. The second kappa shape index (κ2) is 6.24. The van der Waals surface area contributed by atoms with Crippen LogP contribution in [-0.2, 0) is 9.53 Å². The molecule has 0 aliphatic heterocycles. The Bertz CT molecular complexity index is 266. The van der Waals surface area contributed by atoms with Crippen molar-refractivity contribution in [2.75, 3.05) is 13.2 Å². The molecule has 1 rings (SSSR count). The van der Waals surface area contributed by atoms with Crippen molar-refractivity contribution in [3.05, 3.63) is 24.0 Å². The second-order valence-corrected chi connectivity index (χ2v) is 3.58. The zero-order valence-electron chi connectivity index (χ0n) is 9.03. The van der Waals surface area contributed by atoms with Crippen molar-refractivity contribution in [3.8, 4) is 0 Å². The van der Waals surface area contributed by atoms with Gasteiger partial charge >= 0.3 is 0 Å². The average molecular weight is 210 g/mol. The minimum absolute atomic E-state index is 0.0438. The number of carbonyl (C=O) groups excluding carboxylic acids is 1. The Balaban J connectivity index is 2.00. The van der Waals surface area contributed by atoms with Gasteiger partial charge in [-0.3, -0.25) is 4.79 Å². The summed E-state index contributed by atoms with van der Waals surface area (Å²) in [5.74, 6) is -0.0438. The van der Waals surface area contributed by atoms with Gasteiger partial charge in [0.15, 0.2) is 0 Å². The molecule has 1 atom stereocenters. The van der Waals surface area contributed by atoms with Crippen molar-refractivity contribution in [1.82, 2.24) is 5.32 Å². The first-order chi connectivity index (χ1) is 7.18. The normalized spacial score (nSPS) is 16.3. The first-order valence-electron chi connectivity index (χ1n) is 5.16. The van der Waals surface area contributed by atoms with Gasteiger partial charge in [0, 0.05) is 13.0 Å². The molecule has 0 heterocycles. The molecule has 0 radical (unpaired) electrons. The van der Waals surface area contributed by atoms with Crippen LogP contribution in [0.15, 0.2) is 24.0 Å². The highest BCUT2D eigenvalue weighted by atomic mass is 16.5. The van der Waals surface area contributed by atoms with Gasteiger partial charge in [-0.15, -0.1) is 0 Å². The van der Waals surface area contributed by atoms with E-state index in [4.69, 9.17) is 10.5 Å². The summed E-state index contributed by atoms with van der Waals surface area (Å²) in [5, 5.41) is 2.63. The van der Waals surface area contributed by atoms with E-state index in [9.17, 15) is 4.79 Å². The predicted octanol–water partition coefficient (Wildman–Crippen LogP) is 0.700. The van der Waals surface area contributed by atoms with E-state index in [0.717, 1.165) is 0 Å². The fourth-order valence-electron chi connectivity index (χ4n) is 1.07. The Morgan fingerprint density at radius 1 is 1.67 bits per heavy atom. The lowest BCUT2D eigenvalue weighted by molar-refractivity contribution is -0.119. The quantitative estimate of drug-likeness (QED) is 0.385. The number of hydrogen-bond acceptors (Lipinski definition) is 3. The van der Waals surface area contributed by atoms with Crippen LogP contribution in [0.1, 0.15) is 19.8 Å². The van der Waals surface area contributed by atoms with E-state index in [2.05, 4.69) is 5.32 Å². The van der Waals surface area contributed by atoms with E-state index >= 15 is 0 Å². The summed E-state index contributed by atoms with van der Waals surface area (Å²) in [6.07, 6.45) is 7.81. The standard InChI is InChI=1S/C11H18N2O2/c1-9(14)13-5-7-15-6-4-11(12)8-10-2-3-10/h4,6,8,11H,2-3,5,7,12H2,1H3,(H,13,14)/b6-4+. The topological polar surface area (TPSA) is 64.3 Å². The van der Waals surface area contributed by atoms with Gasteiger partial charge in [-0.2, -0.15) is 0 Å². The summed E-state index contributed by atoms with van der Waals surface area (Å²) in [7, 11) is 0. The molecule has 1 aliphatic rings. The zero-order chi connectivity index (χ0) is 11.1. The Hall–Kier alpha value is -1.29. The smallest absolute Gasteiger partial charge is 0.216 e. The van der Waals surface area contributed by atoms with Crippen molar-refractivity contribution < 1.29 is 9.53 Å². The van der Waals surface area contributed by atoms with Gasteiger partial charge in [0.1, 0.15) is 6.61 Å². The highest BCUT2D eigenvalue weighted by Crippen LogP contribution is 2.27. The van der Waals surface area contributed by atoms with E-state index < -0.39 is 0 Å². The summed E-state index contributed by atoms with van der Waals surface area (Å²) in [6.45, 7) is 2.48. The Morgan fingerprint density at radius 3 is 3.00 bits per heavy atom. The maximum absolute atomic E-state index is 10.5. The number of nitrogens with one attached hydrogen (secondary N) is 1. The molecular formula is C11H18N2O2. The van der Waals surface area contributed by atoms with Crippen LogP contribution in [0.3, 0.4) is 0 Å². The summed E-state index contributed by atoms with van der Waals surface area (Å²) >= 11 is 0. The first kappa shape index (κ1) is 11.8. The molecule has 4 heteroatoms. The molecule has 1 saturated carbocycles. The van der Waals surface area contributed by atoms with Crippen molar-refractivity contribution >= 4 is 5.91 Å². The molecule has 3 N–H and O–H groups in total. The average Bonchev–Trinajstić information content (AvgIpc) is 2.94. The largest absolute Gasteiger partial charge is 0.500 e. The third-order valence-electron chi connectivity index (χ3n) is 1.96. The van der Waals surface area contributed by atoms with Gasteiger partial charge in [0.2, 0.25) is 5.91 Å². The maximum atomic E-state index is 10.5. The molecule has 1 fully saturated rings. The molecule has 0 saturated heterocycles. The minimum atomic E-state index is -0.0525. The molecule has 1 aliphatic carbocycles. The van der Waals surface area contributed by atoms with Crippen LogP contribution < -0.4 is 11.1 Å². The highest BCUT2D eigenvalue weighted by molar-refractivity contribution is 5.72. The molecule has 0 spiro atoms. The molecular weight excluding hydrogens is 192 g/mol. The molecule has 4 nitrogen and oxygen atoms in total. The van der Waals surface area contributed by atoms with Crippen molar-refractivity contribution in [2.45, 2.75) is 25.8 Å². The fraction of sp³-hybridized carbons (Fsp3) is 0.545. The fourth-order valence-corrected chi connectivity index (χ4v) is 1.07. The first-order valence-corrected chi connectivity index (χ1v) is 5.16. The van der Waals surface area contributed by atoms with Crippen LogP contribution in [0.25, 0.3) is 0 Å². The number of carbonyl (C=O) groups is 1. The molecule has 0 bridgehead atoms. The Kier molecular flexibility index (Phi) is 4.90. The number of rotatable bonds is 6. The van der Waals surface area contributed by atoms with Crippen molar-refractivity contribution in [1.29, 1.82) is 0 Å². The number of amides is 1. The van der Waals surface area contributed by atoms with Gasteiger partial charge in [-0.1, -0.05) is 11.6 Å². The maximum Gasteiger partial charge on any atom is 0.216 e. The SMILES string of the molecule is CC(=O)NCCO/C=C/C(N)C=C1CC1. The molecule has 15 heavy (non-hydrogen) atoms. The van der Waals surface area contributed by atoms with Crippen molar-refractivity contribution in [3.63, 3.8) is 0 Å². The van der Waals surface area contributed by atoms with E-state index in [1.807, 2.05) is 6.08 Å². The van der Waals surface area contributed by atoms with Crippen LogP contribution in [-0.4, -0.2) is 25.1 Å². The van der Waals surface area contributed by atoms with Crippen LogP contribution in [0, 0.1) is 0 Å². The van der Waals surface area contributed by atoms with Gasteiger partial charge in [-0.05, 0) is 18.9 Å². The molecule has 0 aromatic rings. The van der Waals surface area contributed by atoms with E-state index in [1.54, 1.807) is 12.3 Å². The highest BCUT2D eigenvalue weighted by Gasteiger charge is 2.10. The number of allylic oxidation sites excluding steroid dienone is 1. The minimum Gasteiger partial charge on any atom is -0.500 e. The molecule has 0 aromatic heterocycles. The molecule has 1 unspecified atom stereocenters. The monoisotopic (exact) mass is 210 g/mol. The number of ether oxygens (including phenoxy) is 1. The summed E-state index contributed by atoms with van der Waals surface area (Å²) in [6, 6.07) is -0.0525. The molecule has 1 amide bonds. The third kappa shape index (κ3) is 6.74. The van der Waals surface area contributed by atoms with E-state index in [-0.39, 0.29) is 11.9 Å². The lowest BCUT2D eigenvalue weighted by Gasteiger charge is -2.02.